The third-order valence-electron chi connectivity index (χ3n) is 2.75. The Morgan fingerprint density at radius 1 is 1.37 bits per heavy atom. The smallest absolute Gasteiger partial charge is 0.274 e. The van der Waals surface area contributed by atoms with Crippen LogP contribution in [-0.4, -0.2) is 28.0 Å². The summed E-state index contributed by atoms with van der Waals surface area (Å²) in [5.74, 6) is 0.448. The summed E-state index contributed by atoms with van der Waals surface area (Å²) in [6.07, 6.45) is 2.04. The predicted molar refractivity (Wildman–Crippen MR) is 77.5 cm³/mol. The van der Waals surface area contributed by atoms with Crippen LogP contribution in [0.25, 0.3) is 10.8 Å². The van der Waals surface area contributed by atoms with Crippen molar-refractivity contribution in [2.24, 2.45) is 0 Å². The molecule has 0 radical (unpaired) electrons. The molecule has 0 saturated carbocycles. The first-order chi connectivity index (χ1) is 9.22. The molecule has 100 valence electrons. The van der Waals surface area contributed by atoms with E-state index >= 15 is 0 Å². The Morgan fingerprint density at radius 3 is 2.95 bits per heavy atom. The maximum absolute atomic E-state index is 12.1. The highest BCUT2D eigenvalue weighted by atomic mass is 32.1. The van der Waals surface area contributed by atoms with Gasteiger partial charge in [-0.1, -0.05) is 18.2 Å². The molecule has 0 saturated heterocycles. The molecule has 0 aliphatic carbocycles. The van der Waals surface area contributed by atoms with Crippen molar-refractivity contribution in [1.82, 2.24) is 15.1 Å². The fourth-order valence-electron chi connectivity index (χ4n) is 1.78. The molecule has 0 spiro atoms. The molecule has 0 atom stereocenters. The van der Waals surface area contributed by atoms with Crippen molar-refractivity contribution < 1.29 is 4.79 Å². The lowest BCUT2D eigenvalue weighted by Gasteiger charge is -2.07. The normalized spacial score (nSPS) is 10.6. The second-order valence-electron chi connectivity index (χ2n) is 4.08. The van der Waals surface area contributed by atoms with E-state index in [0.29, 0.717) is 30.6 Å². The van der Waals surface area contributed by atoms with E-state index in [-0.39, 0.29) is 11.5 Å². The highest BCUT2D eigenvalue weighted by Crippen LogP contribution is 2.05. The summed E-state index contributed by atoms with van der Waals surface area (Å²) in [6.45, 7) is 0.750. The number of thiol groups is 1. The summed E-state index contributed by atoms with van der Waals surface area (Å²) in [5, 5.41) is 8.27. The molecule has 1 heterocycles. The van der Waals surface area contributed by atoms with Crippen LogP contribution in [-0.2, 0) is 11.3 Å². The van der Waals surface area contributed by atoms with Gasteiger partial charge in [0, 0.05) is 18.4 Å². The second kappa shape index (κ2) is 6.38. The van der Waals surface area contributed by atoms with E-state index in [9.17, 15) is 9.59 Å². The number of hydrogen-bond donors (Lipinski definition) is 2. The molecule has 0 aliphatic heterocycles. The van der Waals surface area contributed by atoms with Crippen molar-refractivity contribution >= 4 is 29.3 Å². The van der Waals surface area contributed by atoms with Crippen LogP contribution in [0.4, 0.5) is 0 Å². The van der Waals surface area contributed by atoms with Gasteiger partial charge < -0.3 is 5.32 Å². The van der Waals surface area contributed by atoms with Crippen molar-refractivity contribution in [3.63, 3.8) is 0 Å². The first-order valence-corrected chi connectivity index (χ1v) is 6.68. The van der Waals surface area contributed by atoms with Crippen LogP contribution in [0.5, 0.6) is 0 Å². The van der Waals surface area contributed by atoms with Crippen LogP contribution in [0.1, 0.15) is 6.42 Å². The van der Waals surface area contributed by atoms with Crippen LogP contribution in [0.15, 0.2) is 35.3 Å². The number of nitrogens with zero attached hydrogens (tertiary/aromatic N) is 2. The van der Waals surface area contributed by atoms with Gasteiger partial charge in [0.15, 0.2) is 0 Å². The number of amides is 1. The molecule has 1 N–H and O–H groups in total. The first-order valence-electron chi connectivity index (χ1n) is 6.05. The molecular formula is C13H15N3O2S. The predicted octanol–water partition coefficient (Wildman–Crippen LogP) is 0.833. The average Bonchev–Trinajstić information content (AvgIpc) is 2.42. The lowest BCUT2D eigenvalue weighted by molar-refractivity contribution is -0.120. The molecule has 6 heteroatoms. The fraction of sp³-hybridized carbons (Fsp3) is 0.308. The van der Waals surface area contributed by atoms with E-state index in [1.807, 2.05) is 18.2 Å². The van der Waals surface area contributed by atoms with Gasteiger partial charge in [-0.05, 0) is 11.8 Å². The molecule has 2 aromatic rings. The molecule has 0 aliphatic rings. The number of aromatic nitrogens is 2. The SMILES string of the molecule is O=C(CCS)NCCn1ncc2ccccc2c1=O. The maximum atomic E-state index is 12.1. The van der Waals surface area contributed by atoms with Gasteiger partial charge >= 0.3 is 0 Å². The monoisotopic (exact) mass is 277 g/mol. The summed E-state index contributed by atoms with van der Waals surface area (Å²) >= 11 is 3.98. The van der Waals surface area contributed by atoms with Gasteiger partial charge in [0.25, 0.3) is 5.56 Å². The highest BCUT2D eigenvalue weighted by molar-refractivity contribution is 7.80. The van der Waals surface area contributed by atoms with E-state index in [4.69, 9.17) is 0 Å². The van der Waals surface area contributed by atoms with Gasteiger partial charge in [0.05, 0.1) is 18.1 Å². The van der Waals surface area contributed by atoms with Crippen molar-refractivity contribution in [2.75, 3.05) is 12.3 Å². The first kappa shape index (κ1) is 13.6. The summed E-state index contributed by atoms with van der Waals surface area (Å²) in [7, 11) is 0. The molecule has 1 aromatic heterocycles. The van der Waals surface area contributed by atoms with Gasteiger partial charge in [-0.15, -0.1) is 0 Å². The molecule has 0 bridgehead atoms. The van der Waals surface area contributed by atoms with Crippen molar-refractivity contribution in [3.8, 4) is 0 Å². The zero-order chi connectivity index (χ0) is 13.7. The van der Waals surface area contributed by atoms with Crippen LogP contribution in [0.2, 0.25) is 0 Å². The largest absolute Gasteiger partial charge is 0.354 e. The molecule has 19 heavy (non-hydrogen) atoms. The van der Waals surface area contributed by atoms with Crippen molar-refractivity contribution in [2.45, 2.75) is 13.0 Å². The summed E-state index contributed by atoms with van der Waals surface area (Å²) in [6, 6.07) is 7.31. The summed E-state index contributed by atoms with van der Waals surface area (Å²) in [5.41, 5.74) is -0.137. The van der Waals surface area contributed by atoms with Crippen LogP contribution >= 0.6 is 12.6 Å². The van der Waals surface area contributed by atoms with E-state index < -0.39 is 0 Å². The third-order valence-corrected chi connectivity index (χ3v) is 2.97. The average molecular weight is 277 g/mol. The minimum absolute atomic E-state index is 0.0659. The number of hydrogen-bond acceptors (Lipinski definition) is 4. The quantitative estimate of drug-likeness (QED) is 0.796. The van der Waals surface area contributed by atoms with Crippen molar-refractivity contribution in [3.05, 3.63) is 40.8 Å². The van der Waals surface area contributed by atoms with Gasteiger partial charge in [-0.2, -0.15) is 17.7 Å². The van der Waals surface area contributed by atoms with Crippen LogP contribution in [0, 0.1) is 0 Å². The number of nitrogens with one attached hydrogen (secondary N) is 1. The lowest BCUT2D eigenvalue weighted by Crippen LogP contribution is -2.32. The van der Waals surface area contributed by atoms with Crippen LogP contribution in [0.3, 0.4) is 0 Å². The third kappa shape index (κ3) is 3.35. The summed E-state index contributed by atoms with van der Waals surface area (Å²) in [4.78, 5) is 23.4. The number of carbonyl (C=O) groups is 1. The van der Waals surface area contributed by atoms with Crippen molar-refractivity contribution in [1.29, 1.82) is 0 Å². The minimum atomic E-state index is -0.137. The van der Waals surface area contributed by atoms with Crippen LogP contribution < -0.4 is 10.9 Å². The Hall–Kier alpha value is -1.82. The molecule has 1 aromatic carbocycles. The Morgan fingerprint density at radius 2 is 2.16 bits per heavy atom. The Kier molecular flexibility index (Phi) is 4.57. The molecule has 0 unspecified atom stereocenters. The minimum Gasteiger partial charge on any atom is -0.354 e. The van der Waals surface area contributed by atoms with E-state index in [2.05, 4.69) is 23.0 Å². The summed E-state index contributed by atoms with van der Waals surface area (Å²) < 4.78 is 1.36. The number of fused-ring (bicyclic) bond motifs is 1. The molecule has 0 fully saturated rings. The van der Waals surface area contributed by atoms with E-state index in [1.165, 1.54) is 4.68 Å². The molecule has 1 amide bonds. The molecule has 2 rings (SSSR count). The van der Waals surface area contributed by atoms with Gasteiger partial charge in [0.2, 0.25) is 5.91 Å². The standard InChI is InChI=1S/C13H15N3O2S/c17-12(5-8-19)14-6-7-16-13(18)11-4-2-1-3-10(11)9-15-16/h1-4,9,19H,5-8H2,(H,14,17). The van der Waals surface area contributed by atoms with E-state index in [0.717, 1.165) is 5.39 Å². The second-order valence-corrected chi connectivity index (χ2v) is 4.53. The number of benzene rings is 1. The fourth-order valence-corrected chi connectivity index (χ4v) is 1.98. The Bertz CT molecular complexity index is 639. The van der Waals surface area contributed by atoms with Gasteiger partial charge in [-0.3, -0.25) is 9.59 Å². The van der Waals surface area contributed by atoms with Gasteiger partial charge in [0.1, 0.15) is 0 Å². The zero-order valence-corrected chi connectivity index (χ0v) is 11.3. The number of carbonyl (C=O) groups excluding carboxylic acids is 1. The Balaban J connectivity index is 2.07. The zero-order valence-electron chi connectivity index (χ0n) is 10.4. The lowest BCUT2D eigenvalue weighted by atomic mass is 10.2. The van der Waals surface area contributed by atoms with Gasteiger partial charge in [-0.25, -0.2) is 4.68 Å². The maximum Gasteiger partial charge on any atom is 0.274 e. The Labute approximate surface area is 116 Å². The number of rotatable bonds is 5. The topological polar surface area (TPSA) is 64.0 Å². The highest BCUT2D eigenvalue weighted by Gasteiger charge is 2.04. The van der Waals surface area contributed by atoms with E-state index in [1.54, 1.807) is 12.3 Å². The molecular weight excluding hydrogens is 262 g/mol. The molecule has 5 nitrogen and oxygen atoms in total.